The molecule has 1 amide bonds. The van der Waals surface area contributed by atoms with Gasteiger partial charge in [0.15, 0.2) is 5.65 Å². The quantitative estimate of drug-likeness (QED) is 0.495. The number of halogens is 4. The maximum atomic E-state index is 13.1. The van der Waals surface area contributed by atoms with E-state index in [0.29, 0.717) is 0 Å². The van der Waals surface area contributed by atoms with E-state index in [-0.39, 0.29) is 39.9 Å². The van der Waals surface area contributed by atoms with Crippen molar-refractivity contribution in [2.75, 3.05) is 5.32 Å². The van der Waals surface area contributed by atoms with Gasteiger partial charge in [0.25, 0.3) is 11.6 Å². The van der Waals surface area contributed by atoms with Gasteiger partial charge in [-0.3, -0.25) is 19.3 Å². The highest BCUT2D eigenvalue weighted by molar-refractivity contribution is 6.33. The Morgan fingerprint density at radius 2 is 2.07 bits per heavy atom. The first-order valence-corrected chi connectivity index (χ1v) is 8.33. The summed E-state index contributed by atoms with van der Waals surface area (Å²) >= 11 is 5.94. The van der Waals surface area contributed by atoms with Crippen molar-refractivity contribution in [3.8, 4) is 0 Å². The number of alkyl halides is 3. The Morgan fingerprint density at radius 1 is 1.36 bits per heavy atom. The average Bonchev–Trinajstić information content (AvgIpc) is 3.00. The molecule has 0 radical (unpaired) electrons. The number of imidazole rings is 1. The summed E-state index contributed by atoms with van der Waals surface area (Å²) in [5.41, 5.74) is -1.03. The molecule has 0 aliphatic heterocycles. The van der Waals surface area contributed by atoms with Crippen LogP contribution in [0.5, 0.6) is 0 Å². The van der Waals surface area contributed by atoms with Gasteiger partial charge in [0.1, 0.15) is 5.69 Å². The summed E-state index contributed by atoms with van der Waals surface area (Å²) < 4.78 is 40.4. The molecule has 0 unspecified atom stereocenters. The molecule has 3 rings (SSSR count). The topological polar surface area (TPSA) is 89.5 Å². The molecular weight excluding hydrogens is 401 g/mol. The van der Waals surface area contributed by atoms with Crippen LogP contribution in [-0.2, 0) is 12.6 Å². The van der Waals surface area contributed by atoms with Crippen molar-refractivity contribution < 1.29 is 22.9 Å². The maximum Gasteiger partial charge on any atom is 0.417 e. The summed E-state index contributed by atoms with van der Waals surface area (Å²) in [5.74, 6) is -0.764. The molecule has 0 saturated heterocycles. The number of fused-ring (bicyclic) bond motifs is 1. The first-order valence-electron chi connectivity index (χ1n) is 7.95. The minimum atomic E-state index is -4.66. The summed E-state index contributed by atoms with van der Waals surface area (Å²) in [6.07, 6.45) is -3.66. The molecular formula is C17H12ClF3N4O3. The van der Waals surface area contributed by atoms with Crippen LogP contribution >= 0.6 is 11.6 Å². The van der Waals surface area contributed by atoms with Crippen molar-refractivity contribution in [3.63, 3.8) is 0 Å². The van der Waals surface area contributed by atoms with Gasteiger partial charge in [-0.05, 0) is 18.6 Å². The minimum absolute atomic E-state index is 0.00992. The van der Waals surface area contributed by atoms with Crippen molar-refractivity contribution in [2.24, 2.45) is 0 Å². The number of hydrogen-bond acceptors (Lipinski definition) is 4. The molecule has 0 saturated carbocycles. The lowest BCUT2D eigenvalue weighted by Gasteiger charge is -2.10. The molecule has 7 nitrogen and oxygen atoms in total. The van der Waals surface area contributed by atoms with Crippen LogP contribution in [0.4, 0.5) is 24.5 Å². The predicted octanol–water partition coefficient (Wildman–Crippen LogP) is 4.73. The number of nitro groups is 1. The number of anilines is 1. The Hall–Kier alpha value is -3.14. The summed E-state index contributed by atoms with van der Waals surface area (Å²) in [6.45, 7) is 1.69. The van der Waals surface area contributed by atoms with E-state index in [1.54, 1.807) is 6.92 Å². The highest BCUT2D eigenvalue weighted by atomic mass is 35.5. The number of aryl methyl sites for hydroxylation is 1. The second-order valence-electron chi connectivity index (χ2n) is 5.79. The minimum Gasteiger partial charge on any atom is -0.320 e. The Kier molecular flexibility index (Phi) is 4.99. The number of nitrogens with zero attached hydrogens (tertiary/aromatic N) is 3. The molecule has 1 N–H and O–H groups in total. The zero-order valence-electron chi connectivity index (χ0n) is 14.2. The molecule has 28 heavy (non-hydrogen) atoms. The third-order valence-electron chi connectivity index (χ3n) is 3.94. The summed E-state index contributed by atoms with van der Waals surface area (Å²) in [4.78, 5) is 27.2. The number of benzene rings is 1. The lowest BCUT2D eigenvalue weighted by molar-refractivity contribution is -0.384. The second-order valence-corrected chi connectivity index (χ2v) is 6.20. The first kappa shape index (κ1) is 19.6. The van der Waals surface area contributed by atoms with Gasteiger partial charge >= 0.3 is 6.18 Å². The van der Waals surface area contributed by atoms with Gasteiger partial charge in [-0.15, -0.1) is 0 Å². The fourth-order valence-corrected chi connectivity index (χ4v) is 2.93. The van der Waals surface area contributed by atoms with Gasteiger partial charge in [0.05, 0.1) is 21.2 Å². The van der Waals surface area contributed by atoms with Crippen molar-refractivity contribution in [1.29, 1.82) is 0 Å². The Bertz CT molecular complexity index is 1100. The Balaban J connectivity index is 2.10. The van der Waals surface area contributed by atoms with Gasteiger partial charge in [-0.1, -0.05) is 24.6 Å². The van der Waals surface area contributed by atoms with E-state index in [1.807, 2.05) is 0 Å². The second kappa shape index (κ2) is 7.12. The van der Waals surface area contributed by atoms with E-state index < -0.39 is 22.6 Å². The Labute approximate surface area is 160 Å². The number of aromatic nitrogens is 2. The third-order valence-corrected chi connectivity index (χ3v) is 4.22. The van der Waals surface area contributed by atoms with Crippen molar-refractivity contribution in [2.45, 2.75) is 19.5 Å². The molecule has 0 atom stereocenters. The molecule has 2 aromatic heterocycles. The molecule has 1 aromatic carbocycles. The smallest absolute Gasteiger partial charge is 0.320 e. The van der Waals surface area contributed by atoms with Crippen LogP contribution in [0.25, 0.3) is 5.65 Å². The lowest BCUT2D eigenvalue weighted by atomic mass is 10.2. The predicted molar refractivity (Wildman–Crippen MR) is 95.6 cm³/mol. The largest absolute Gasteiger partial charge is 0.417 e. The average molecular weight is 413 g/mol. The summed E-state index contributed by atoms with van der Waals surface area (Å²) in [7, 11) is 0. The molecule has 2 heterocycles. The molecule has 11 heteroatoms. The molecule has 0 spiro atoms. The van der Waals surface area contributed by atoms with Crippen LogP contribution < -0.4 is 5.32 Å². The number of carbonyl (C=O) groups excluding carboxylic acids is 1. The molecule has 0 aliphatic carbocycles. The Morgan fingerprint density at radius 3 is 2.68 bits per heavy atom. The molecule has 3 aromatic rings. The number of rotatable bonds is 4. The van der Waals surface area contributed by atoms with Gasteiger partial charge in [-0.2, -0.15) is 13.2 Å². The SMILES string of the molecule is CCc1nc2c(Cl)cc(C(F)(F)F)cn2c1C(=O)Nc1cccc([N+](=O)[O-])c1. The first-order chi connectivity index (χ1) is 13.1. The molecule has 146 valence electrons. The van der Waals surface area contributed by atoms with Crippen LogP contribution in [-0.4, -0.2) is 20.2 Å². The number of non-ortho nitro benzene ring substituents is 1. The van der Waals surface area contributed by atoms with Gasteiger partial charge in [0.2, 0.25) is 0 Å². The van der Waals surface area contributed by atoms with Crippen LogP contribution in [0.3, 0.4) is 0 Å². The van der Waals surface area contributed by atoms with E-state index >= 15 is 0 Å². The number of nitro benzene ring substituents is 1. The van der Waals surface area contributed by atoms with E-state index in [2.05, 4.69) is 10.3 Å². The summed E-state index contributed by atoms with van der Waals surface area (Å²) in [6, 6.07) is 5.93. The monoisotopic (exact) mass is 412 g/mol. The highest BCUT2D eigenvalue weighted by Gasteiger charge is 2.33. The number of pyridine rings is 1. The third kappa shape index (κ3) is 3.63. The van der Waals surface area contributed by atoms with Crippen LogP contribution in [0.15, 0.2) is 36.5 Å². The van der Waals surface area contributed by atoms with E-state index in [0.717, 1.165) is 22.7 Å². The van der Waals surface area contributed by atoms with Crippen molar-refractivity contribution in [3.05, 3.63) is 68.6 Å². The van der Waals surface area contributed by atoms with Crippen LogP contribution in [0.2, 0.25) is 5.02 Å². The molecule has 0 fully saturated rings. The fraction of sp³-hybridized carbons (Fsp3) is 0.176. The zero-order chi connectivity index (χ0) is 20.6. The van der Waals surface area contributed by atoms with Crippen molar-refractivity contribution >= 4 is 34.5 Å². The summed E-state index contributed by atoms with van der Waals surface area (Å²) in [5, 5.41) is 13.1. The van der Waals surface area contributed by atoms with Gasteiger partial charge < -0.3 is 5.32 Å². The van der Waals surface area contributed by atoms with Crippen molar-refractivity contribution in [1.82, 2.24) is 9.38 Å². The van der Waals surface area contributed by atoms with Crippen LogP contribution in [0, 0.1) is 10.1 Å². The van der Waals surface area contributed by atoms with E-state index in [9.17, 15) is 28.1 Å². The number of amides is 1. The zero-order valence-corrected chi connectivity index (χ0v) is 15.0. The number of carbonyl (C=O) groups is 1. The normalized spacial score (nSPS) is 11.6. The lowest BCUT2D eigenvalue weighted by Crippen LogP contribution is -2.17. The number of hydrogen-bond donors (Lipinski definition) is 1. The molecule has 0 bridgehead atoms. The van der Waals surface area contributed by atoms with E-state index in [1.165, 1.54) is 18.2 Å². The molecule has 0 aliphatic rings. The fourth-order valence-electron chi connectivity index (χ4n) is 2.68. The number of nitrogens with one attached hydrogen (secondary N) is 1. The standard InChI is InChI=1S/C17H12ClF3N4O3/c1-2-13-14(16(26)22-10-4-3-5-11(7-10)25(27)28)24-8-9(17(19,20)21)6-12(18)15(24)23-13/h3-8H,2H2,1H3,(H,22,26). The maximum absolute atomic E-state index is 13.1. The van der Waals surface area contributed by atoms with Gasteiger partial charge in [-0.25, -0.2) is 4.98 Å². The van der Waals surface area contributed by atoms with Crippen LogP contribution in [0.1, 0.15) is 28.7 Å². The highest BCUT2D eigenvalue weighted by Crippen LogP contribution is 2.33. The van der Waals surface area contributed by atoms with Gasteiger partial charge in [0, 0.05) is 24.0 Å². The van der Waals surface area contributed by atoms with E-state index in [4.69, 9.17) is 11.6 Å².